The zero-order valence-electron chi connectivity index (χ0n) is 10.3. The van der Waals surface area contributed by atoms with E-state index in [9.17, 15) is 14.9 Å². The van der Waals surface area contributed by atoms with Crippen molar-refractivity contribution in [2.75, 3.05) is 26.3 Å². The Labute approximate surface area is 105 Å². The van der Waals surface area contributed by atoms with Crippen LogP contribution in [0.25, 0.3) is 0 Å². The van der Waals surface area contributed by atoms with Gasteiger partial charge in [0.1, 0.15) is 0 Å². The number of carbonyl (C=O) groups excluding carboxylic acids is 1. The second kappa shape index (κ2) is 4.77. The van der Waals surface area contributed by atoms with E-state index >= 15 is 0 Å². The lowest BCUT2D eigenvalue weighted by molar-refractivity contribution is -0.419. The number of nitrogens with one attached hydrogen (secondary N) is 1. The summed E-state index contributed by atoms with van der Waals surface area (Å²) in [5.74, 6) is -0.0660. The van der Waals surface area contributed by atoms with Gasteiger partial charge in [0.15, 0.2) is 5.82 Å². The third-order valence-electron chi connectivity index (χ3n) is 3.29. The molecule has 0 spiro atoms. The van der Waals surface area contributed by atoms with Crippen LogP contribution in [0.4, 0.5) is 0 Å². The molecule has 0 radical (unpaired) electrons. The first-order valence-electron chi connectivity index (χ1n) is 5.83. The minimum Gasteiger partial charge on any atom is -0.353 e. The highest BCUT2D eigenvalue weighted by Crippen LogP contribution is 2.25. The Morgan fingerprint density at radius 3 is 2.94 bits per heavy atom. The van der Waals surface area contributed by atoms with E-state index in [1.807, 2.05) is 0 Å². The smallest absolute Gasteiger partial charge is 0.353 e. The van der Waals surface area contributed by atoms with E-state index in [4.69, 9.17) is 0 Å². The molecule has 2 aliphatic rings. The van der Waals surface area contributed by atoms with Crippen LogP contribution in [0, 0.1) is 10.1 Å². The molecule has 0 aromatic heterocycles. The van der Waals surface area contributed by atoms with Crippen LogP contribution >= 0.6 is 0 Å². The molecule has 7 nitrogen and oxygen atoms in total. The summed E-state index contributed by atoms with van der Waals surface area (Å²) in [6, 6.07) is -0.461. The zero-order chi connectivity index (χ0) is 13.3. The Bertz CT molecular complexity index is 432. The van der Waals surface area contributed by atoms with Crippen molar-refractivity contribution in [2.45, 2.75) is 13.0 Å². The van der Waals surface area contributed by atoms with Gasteiger partial charge in [-0.3, -0.25) is 19.8 Å². The second-order valence-electron chi connectivity index (χ2n) is 4.39. The van der Waals surface area contributed by atoms with Gasteiger partial charge in [0, 0.05) is 19.6 Å². The molecule has 0 amide bonds. The molecule has 1 fully saturated rings. The maximum Gasteiger partial charge on any atom is 0.353 e. The predicted octanol–water partition coefficient (Wildman–Crippen LogP) is -0.246. The summed E-state index contributed by atoms with van der Waals surface area (Å²) in [5, 5.41) is 14.0. The van der Waals surface area contributed by atoms with Gasteiger partial charge in [-0.25, -0.2) is 0 Å². The normalized spacial score (nSPS) is 24.6. The quantitative estimate of drug-likeness (QED) is 0.424. The fraction of sp³-hybridized carbons (Fsp3) is 0.545. The van der Waals surface area contributed by atoms with Gasteiger partial charge in [0.25, 0.3) is 5.78 Å². The molecule has 0 bridgehead atoms. The predicted molar refractivity (Wildman–Crippen MR) is 65.0 cm³/mol. The molecule has 0 aliphatic carbocycles. The van der Waals surface area contributed by atoms with Crippen molar-refractivity contribution in [2.24, 2.45) is 0 Å². The minimum absolute atomic E-state index is 0.317. The second-order valence-corrected chi connectivity index (χ2v) is 4.39. The van der Waals surface area contributed by atoms with Gasteiger partial charge in [-0.1, -0.05) is 6.08 Å². The summed E-state index contributed by atoms with van der Waals surface area (Å²) in [6.07, 6.45) is 1.79. The first-order chi connectivity index (χ1) is 8.56. The lowest BCUT2D eigenvalue weighted by Crippen LogP contribution is -2.36. The number of ketones is 1. The van der Waals surface area contributed by atoms with Crippen LogP contribution in [0.5, 0.6) is 0 Å². The van der Waals surface area contributed by atoms with Gasteiger partial charge in [0.2, 0.25) is 0 Å². The van der Waals surface area contributed by atoms with Crippen LogP contribution in [0.1, 0.15) is 6.92 Å². The number of fused-ring (bicyclic) bond motifs is 1. The highest BCUT2D eigenvalue weighted by molar-refractivity contribution is 6.00. The molecule has 0 saturated carbocycles. The van der Waals surface area contributed by atoms with Crippen molar-refractivity contribution < 1.29 is 9.72 Å². The molecule has 1 saturated heterocycles. The average Bonchev–Trinajstić information content (AvgIpc) is 2.49. The maximum absolute atomic E-state index is 11.8. The Kier molecular flexibility index (Phi) is 3.33. The monoisotopic (exact) mass is 252 g/mol. The van der Waals surface area contributed by atoms with Crippen molar-refractivity contribution >= 4 is 5.78 Å². The summed E-state index contributed by atoms with van der Waals surface area (Å²) in [7, 11) is 0. The van der Waals surface area contributed by atoms with Crippen molar-refractivity contribution in [1.29, 1.82) is 0 Å². The minimum atomic E-state index is -0.593. The molecule has 0 aromatic rings. The Balaban J connectivity index is 2.27. The topological polar surface area (TPSA) is 78.7 Å². The van der Waals surface area contributed by atoms with Crippen LogP contribution in [0.3, 0.4) is 0 Å². The third-order valence-corrected chi connectivity index (χ3v) is 3.29. The molecule has 2 rings (SSSR count). The molecule has 1 unspecified atom stereocenters. The summed E-state index contributed by atoms with van der Waals surface area (Å²) in [5.41, 5.74) is -0.317. The first kappa shape index (κ1) is 12.6. The molecule has 0 aromatic carbocycles. The van der Waals surface area contributed by atoms with Gasteiger partial charge < -0.3 is 10.2 Å². The molecule has 18 heavy (non-hydrogen) atoms. The molecule has 2 heterocycles. The van der Waals surface area contributed by atoms with Crippen LogP contribution in [0.15, 0.2) is 24.2 Å². The number of nitrogens with zero attached hydrogens (tertiary/aromatic N) is 3. The number of hydrogen-bond acceptors (Lipinski definition) is 6. The summed E-state index contributed by atoms with van der Waals surface area (Å²) in [6.45, 7) is 7.90. The largest absolute Gasteiger partial charge is 0.353 e. The summed E-state index contributed by atoms with van der Waals surface area (Å²) < 4.78 is 0. The van der Waals surface area contributed by atoms with Crippen LogP contribution in [-0.4, -0.2) is 52.9 Å². The fourth-order valence-electron chi connectivity index (χ4n) is 2.31. The summed E-state index contributed by atoms with van der Waals surface area (Å²) in [4.78, 5) is 26.0. The average molecular weight is 252 g/mol. The highest BCUT2D eigenvalue weighted by Gasteiger charge is 2.45. The van der Waals surface area contributed by atoms with E-state index in [0.29, 0.717) is 25.6 Å². The zero-order valence-corrected chi connectivity index (χ0v) is 10.3. The number of carbonyl (C=O) groups is 1. The van der Waals surface area contributed by atoms with E-state index in [-0.39, 0.29) is 5.70 Å². The standard InChI is InChI=1S/C11H16N4O3/c1-3-4-13-5-6-14-8(2)10(16)9(15(17)18)11(14)12-7-13/h3,8,12H,1,4-7H2,2H3. The van der Waals surface area contributed by atoms with Gasteiger partial charge in [-0.05, 0) is 6.92 Å². The van der Waals surface area contributed by atoms with E-state index in [0.717, 1.165) is 6.54 Å². The molecule has 7 heteroatoms. The van der Waals surface area contributed by atoms with Crippen molar-refractivity contribution in [3.05, 3.63) is 34.3 Å². The molecule has 2 aliphatic heterocycles. The molecule has 98 valence electrons. The number of Topliss-reactive ketones (excluding diaryl/α,β-unsaturated/α-hetero) is 1. The van der Waals surface area contributed by atoms with E-state index in [2.05, 4.69) is 16.8 Å². The van der Waals surface area contributed by atoms with Crippen molar-refractivity contribution in [3.8, 4) is 0 Å². The lowest BCUT2D eigenvalue weighted by atomic mass is 10.2. The third kappa shape index (κ3) is 1.97. The first-order valence-corrected chi connectivity index (χ1v) is 5.83. The Morgan fingerprint density at radius 2 is 2.33 bits per heavy atom. The fourth-order valence-corrected chi connectivity index (χ4v) is 2.31. The molecular weight excluding hydrogens is 236 g/mol. The SMILES string of the molecule is C=CCN1CCN2C(=C([N+](=O)[O-])C(=O)C2C)NC1. The lowest BCUT2D eigenvalue weighted by Gasteiger charge is -2.22. The van der Waals surface area contributed by atoms with Crippen LogP contribution < -0.4 is 5.32 Å². The Morgan fingerprint density at radius 1 is 1.61 bits per heavy atom. The van der Waals surface area contributed by atoms with E-state index < -0.39 is 16.7 Å². The summed E-state index contributed by atoms with van der Waals surface area (Å²) >= 11 is 0. The number of hydrogen-bond donors (Lipinski definition) is 1. The molecule has 1 N–H and O–H groups in total. The van der Waals surface area contributed by atoms with Gasteiger partial charge in [-0.15, -0.1) is 6.58 Å². The number of nitro groups is 1. The van der Waals surface area contributed by atoms with Gasteiger partial charge in [0.05, 0.1) is 17.6 Å². The van der Waals surface area contributed by atoms with Crippen LogP contribution in [0.2, 0.25) is 0 Å². The molecule has 1 atom stereocenters. The van der Waals surface area contributed by atoms with Crippen LogP contribution in [-0.2, 0) is 4.79 Å². The highest BCUT2D eigenvalue weighted by atomic mass is 16.6. The van der Waals surface area contributed by atoms with E-state index in [1.165, 1.54) is 0 Å². The van der Waals surface area contributed by atoms with Crippen molar-refractivity contribution in [3.63, 3.8) is 0 Å². The molecular formula is C11H16N4O3. The van der Waals surface area contributed by atoms with Gasteiger partial charge >= 0.3 is 5.70 Å². The van der Waals surface area contributed by atoms with E-state index in [1.54, 1.807) is 17.9 Å². The number of rotatable bonds is 3. The van der Waals surface area contributed by atoms with Gasteiger partial charge in [-0.2, -0.15) is 0 Å². The Hall–Kier alpha value is -1.89. The maximum atomic E-state index is 11.8. The van der Waals surface area contributed by atoms with Crippen molar-refractivity contribution in [1.82, 2.24) is 15.1 Å².